The fourth-order valence-electron chi connectivity index (χ4n) is 3.35. The van der Waals surface area contributed by atoms with Gasteiger partial charge in [-0.3, -0.25) is 19.7 Å². The molecule has 2 aromatic carbocycles. The lowest BCUT2D eigenvalue weighted by Gasteiger charge is -2.29. The molecule has 0 aliphatic carbocycles. The first-order valence-corrected chi connectivity index (χ1v) is 9.68. The Hall–Kier alpha value is -3.75. The molecule has 0 saturated carbocycles. The summed E-state index contributed by atoms with van der Waals surface area (Å²) in [7, 11) is 0. The highest BCUT2D eigenvalue weighted by Crippen LogP contribution is 2.27. The molecule has 1 fully saturated rings. The van der Waals surface area contributed by atoms with Gasteiger partial charge in [0, 0.05) is 54.6 Å². The van der Waals surface area contributed by atoms with Gasteiger partial charge in [0.15, 0.2) is 0 Å². The van der Waals surface area contributed by atoms with Crippen molar-refractivity contribution in [2.24, 2.45) is 5.10 Å². The number of rotatable bonds is 6. The van der Waals surface area contributed by atoms with E-state index in [4.69, 9.17) is 0 Å². The summed E-state index contributed by atoms with van der Waals surface area (Å²) >= 11 is 0. The van der Waals surface area contributed by atoms with E-state index in [2.05, 4.69) is 20.7 Å². The molecule has 1 aliphatic rings. The molecule has 0 aromatic heterocycles. The number of non-ortho nitro benzene ring substituents is 1. The monoisotopic (exact) mass is 409 g/mol. The number of carbonyl (C=O) groups is 2. The molecular weight excluding hydrogens is 386 g/mol. The van der Waals surface area contributed by atoms with Crippen LogP contribution in [0.2, 0.25) is 0 Å². The number of benzene rings is 2. The number of carbonyl (C=O) groups excluding carboxylic acids is 2. The Morgan fingerprint density at radius 2 is 1.90 bits per heavy atom. The van der Waals surface area contributed by atoms with Crippen LogP contribution in [0.3, 0.4) is 0 Å². The van der Waals surface area contributed by atoms with Gasteiger partial charge in [-0.25, -0.2) is 5.43 Å². The molecule has 0 atom stereocenters. The fourth-order valence-corrected chi connectivity index (χ4v) is 3.35. The van der Waals surface area contributed by atoms with Crippen LogP contribution in [-0.4, -0.2) is 36.0 Å². The molecule has 30 heavy (non-hydrogen) atoms. The molecule has 1 saturated heterocycles. The number of amides is 2. The minimum Gasteiger partial charge on any atom is -0.371 e. The zero-order chi connectivity index (χ0) is 21.5. The van der Waals surface area contributed by atoms with Crippen molar-refractivity contribution in [3.05, 3.63) is 63.7 Å². The van der Waals surface area contributed by atoms with Gasteiger partial charge in [0.25, 0.3) is 11.6 Å². The van der Waals surface area contributed by atoms with Crippen LogP contribution < -0.4 is 15.6 Å². The maximum Gasteiger partial charge on any atom is 0.271 e. The predicted octanol–water partition coefficient (Wildman–Crippen LogP) is 3.31. The molecule has 156 valence electrons. The number of hydrogen-bond acceptors (Lipinski definition) is 6. The largest absolute Gasteiger partial charge is 0.371 e. The molecule has 0 spiro atoms. The van der Waals surface area contributed by atoms with Crippen LogP contribution in [-0.2, 0) is 4.79 Å². The minimum absolute atomic E-state index is 0.0356. The van der Waals surface area contributed by atoms with Crippen LogP contribution in [0.15, 0.2) is 47.6 Å². The first-order valence-electron chi connectivity index (χ1n) is 9.68. The third kappa shape index (κ3) is 5.40. The summed E-state index contributed by atoms with van der Waals surface area (Å²) in [6.45, 7) is 3.14. The standard InChI is InChI=1S/C21H23N5O4/c1-15(27)23-18-7-5-6-16(12-18)21(28)24-22-14-17-13-19(26(29)30)8-9-20(17)25-10-3-2-4-11-25/h5-9,12-14H,2-4,10-11H2,1H3,(H,23,27)(H,24,28)/b22-14+. The van der Waals surface area contributed by atoms with E-state index >= 15 is 0 Å². The normalized spacial score (nSPS) is 13.8. The lowest BCUT2D eigenvalue weighted by atomic mass is 10.1. The Kier molecular flexibility index (Phi) is 6.74. The average Bonchev–Trinajstić information content (AvgIpc) is 2.74. The zero-order valence-corrected chi connectivity index (χ0v) is 16.6. The second-order valence-corrected chi connectivity index (χ2v) is 7.01. The summed E-state index contributed by atoms with van der Waals surface area (Å²) in [4.78, 5) is 36.4. The summed E-state index contributed by atoms with van der Waals surface area (Å²) in [5.74, 6) is -0.690. The number of nitrogens with zero attached hydrogens (tertiary/aromatic N) is 3. The zero-order valence-electron chi connectivity index (χ0n) is 16.6. The molecule has 2 N–H and O–H groups in total. The molecule has 9 nitrogen and oxygen atoms in total. The van der Waals surface area contributed by atoms with Gasteiger partial charge in [-0.15, -0.1) is 0 Å². The van der Waals surface area contributed by atoms with Crippen molar-refractivity contribution in [3.63, 3.8) is 0 Å². The molecule has 9 heteroatoms. The number of piperidine rings is 1. The molecular formula is C21H23N5O4. The molecule has 3 rings (SSSR count). The fraction of sp³-hybridized carbons (Fsp3) is 0.286. The van der Waals surface area contributed by atoms with Gasteiger partial charge in [0.2, 0.25) is 5.91 Å². The van der Waals surface area contributed by atoms with Crippen molar-refractivity contribution in [1.82, 2.24) is 5.43 Å². The van der Waals surface area contributed by atoms with Gasteiger partial charge in [0.1, 0.15) is 0 Å². The highest BCUT2D eigenvalue weighted by Gasteiger charge is 2.17. The topological polar surface area (TPSA) is 117 Å². The molecule has 1 heterocycles. The van der Waals surface area contributed by atoms with Gasteiger partial charge >= 0.3 is 0 Å². The van der Waals surface area contributed by atoms with Crippen molar-refractivity contribution in [2.45, 2.75) is 26.2 Å². The van der Waals surface area contributed by atoms with Crippen LogP contribution in [0, 0.1) is 10.1 Å². The summed E-state index contributed by atoms with van der Waals surface area (Å²) in [6.07, 6.45) is 4.72. The maximum atomic E-state index is 12.4. The average molecular weight is 409 g/mol. The van der Waals surface area contributed by atoms with E-state index < -0.39 is 10.8 Å². The van der Waals surface area contributed by atoms with Gasteiger partial charge in [-0.1, -0.05) is 6.07 Å². The summed E-state index contributed by atoms with van der Waals surface area (Å²) < 4.78 is 0. The molecule has 0 radical (unpaired) electrons. The van der Waals surface area contributed by atoms with Crippen LogP contribution in [0.25, 0.3) is 0 Å². The summed E-state index contributed by atoms with van der Waals surface area (Å²) in [6, 6.07) is 11.1. The van der Waals surface area contributed by atoms with E-state index in [1.54, 1.807) is 30.3 Å². The van der Waals surface area contributed by atoms with E-state index in [0.29, 0.717) is 16.8 Å². The Labute approximate surface area is 173 Å². The van der Waals surface area contributed by atoms with E-state index in [-0.39, 0.29) is 11.6 Å². The van der Waals surface area contributed by atoms with Crippen LogP contribution in [0.4, 0.5) is 17.1 Å². The third-order valence-electron chi connectivity index (χ3n) is 4.73. The van der Waals surface area contributed by atoms with Crippen LogP contribution in [0.5, 0.6) is 0 Å². The first kappa shape index (κ1) is 21.0. The van der Waals surface area contributed by atoms with Crippen molar-refractivity contribution in [3.8, 4) is 0 Å². The van der Waals surface area contributed by atoms with E-state index in [1.165, 1.54) is 31.7 Å². The highest BCUT2D eigenvalue weighted by atomic mass is 16.6. The van der Waals surface area contributed by atoms with E-state index in [0.717, 1.165) is 31.6 Å². The lowest BCUT2D eigenvalue weighted by Crippen LogP contribution is -2.30. The Balaban J connectivity index is 1.77. The Morgan fingerprint density at radius 1 is 1.13 bits per heavy atom. The first-order chi connectivity index (χ1) is 14.4. The SMILES string of the molecule is CC(=O)Nc1cccc(C(=O)N/N=C/c2cc([N+](=O)[O-])ccc2N2CCCCC2)c1. The number of anilines is 2. The second kappa shape index (κ2) is 9.64. The molecule has 2 aromatic rings. The Morgan fingerprint density at radius 3 is 2.60 bits per heavy atom. The van der Waals surface area contributed by atoms with Gasteiger partial charge in [0.05, 0.1) is 11.1 Å². The summed E-state index contributed by atoms with van der Waals surface area (Å²) in [5, 5.41) is 17.8. The van der Waals surface area contributed by atoms with Crippen LogP contribution in [0.1, 0.15) is 42.1 Å². The maximum absolute atomic E-state index is 12.4. The highest BCUT2D eigenvalue weighted by molar-refractivity contribution is 5.97. The number of nitro groups is 1. The van der Waals surface area contributed by atoms with E-state index in [1.807, 2.05) is 0 Å². The van der Waals surface area contributed by atoms with Crippen molar-refractivity contribution in [2.75, 3.05) is 23.3 Å². The quantitative estimate of drug-likeness (QED) is 0.431. The van der Waals surface area contributed by atoms with Gasteiger partial charge < -0.3 is 10.2 Å². The Bertz CT molecular complexity index is 983. The van der Waals surface area contributed by atoms with Crippen molar-refractivity contribution < 1.29 is 14.5 Å². The number of nitrogens with one attached hydrogen (secondary N) is 2. The van der Waals surface area contributed by atoms with E-state index in [9.17, 15) is 19.7 Å². The molecule has 0 bridgehead atoms. The van der Waals surface area contributed by atoms with Gasteiger partial charge in [-0.05, 0) is 43.5 Å². The molecule has 2 amide bonds. The van der Waals surface area contributed by atoms with Crippen molar-refractivity contribution >= 4 is 35.1 Å². The lowest BCUT2D eigenvalue weighted by molar-refractivity contribution is -0.384. The molecule has 0 unspecified atom stereocenters. The number of hydrazone groups is 1. The smallest absolute Gasteiger partial charge is 0.271 e. The van der Waals surface area contributed by atoms with Crippen molar-refractivity contribution in [1.29, 1.82) is 0 Å². The van der Waals surface area contributed by atoms with Gasteiger partial charge in [-0.2, -0.15) is 5.10 Å². The second-order valence-electron chi connectivity index (χ2n) is 7.01. The predicted molar refractivity (Wildman–Crippen MR) is 115 cm³/mol. The summed E-state index contributed by atoms with van der Waals surface area (Å²) in [5.41, 5.74) is 4.65. The van der Waals surface area contributed by atoms with Crippen LogP contribution >= 0.6 is 0 Å². The third-order valence-corrected chi connectivity index (χ3v) is 4.73. The number of hydrogen-bond donors (Lipinski definition) is 2. The number of nitro benzene ring substituents is 1. The minimum atomic E-state index is -0.455. The molecule has 1 aliphatic heterocycles.